The van der Waals surface area contributed by atoms with Crippen LogP contribution in [0.5, 0.6) is 17.2 Å². The fourth-order valence-electron chi connectivity index (χ4n) is 4.30. The van der Waals surface area contributed by atoms with Crippen LogP contribution in [0.2, 0.25) is 0 Å². The predicted molar refractivity (Wildman–Crippen MR) is 159 cm³/mol. The molecule has 1 heterocycles. The maximum atomic E-state index is 12.3. The van der Waals surface area contributed by atoms with Crippen molar-refractivity contribution in [2.45, 2.75) is 33.2 Å². The molecule has 4 rings (SSSR count). The fraction of sp³-hybridized carbons (Fsp3) is 0.212. The van der Waals surface area contributed by atoms with Crippen LogP contribution in [0.25, 0.3) is 11.3 Å². The van der Waals surface area contributed by atoms with Crippen molar-refractivity contribution in [3.05, 3.63) is 115 Å². The first-order valence-corrected chi connectivity index (χ1v) is 13.3. The molecule has 1 N–H and O–H groups in total. The lowest BCUT2D eigenvalue weighted by atomic mass is 10.1. The number of aromatic nitrogens is 2. The number of nitrogens with one attached hydrogen (secondary N) is 1. The molecule has 206 valence electrons. The molecule has 0 unspecified atom stereocenters. The quantitative estimate of drug-likeness (QED) is 0.149. The monoisotopic (exact) mass is 537 g/mol. The minimum Gasteiger partial charge on any atom is -0.494 e. The molecule has 0 aliphatic carbocycles. The highest BCUT2D eigenvalue weighted by atomic mass is 16.6. The maximum absolute atomic E-state index is 12.3. The van der Waals surface area contributed by atoms with E-state index in [-0.39, 0.29) is 0 Å². The summed E-state index contributed by atoms with van der Waals surface area (Å²) in [7, 11) is 1.53. The van der Waals surface area contributed by atoms with E-state index in [0.717, 1.165) is 42.2 Å². The summed E-state index contributed by atoms with van der Waals surface area (Å²) in [5.74, 6) is 2.55. The number of imidazole rings is 1. The van der Waals surface area contributed by atoms with E-state index in [1.165, 1.54) is 12.8 Å². The summed E-state index contributed by atoms with van der Waals surface area (Å²) < 4.78 is 18.8. The zero-order valence-corrected chi connectivity index (χ0v) is 23.2. The molecular formula is C33H35N3O4. The van der Waals surface area contributed by atoms with E-state index in [4.69, 9.17) is 19.2 Å². The van der Waals surface area contributed by atoms with Gasteiger partial charge in [0.15, 0.2) is 11.5 Å². The molecule has 3 aromatic carbocycles. The largest absolute Gasteiger partial charge is 0.494 e. The van der Waals surface area contributed by atoms with Crippen molar-refractivity contribution in [3.8, 4) is 28.5 Å². The number of aryl methyl sites for hydroxylation is 1. The number of hydrogen-bond donors (Lipinski definition) is 1. The number of ether oxygens (including phenoxy) is 3. The number of hydrogen-bond acceptors (Lipinski definition) is 5. The van der Waals surface area contributed by atoms with Crippen LogP contribution < -0.4 is 19.5 Å². The predicted octanol–water partition coefficient (Wildman–Crippen LogP) is 7.62. The van der Waals surface area contributed by atoms with Gasteiger partial charge in [-0.25, -0.2) is 9.78 Å². The van der Waals surface area contributed by atoms with Gasteiger partial charge in [-0.2, -0.15) is 0 Å². The number of anilines is 1. The first-order chi connectivity index (χ1) is 19.6. The molecular weight excluding hydrogens is 502 g/mol. The van der Waals surface area contributed by atoms with Crippen molar-refractivity contribution in [1.29, 1.82) is 0 Å². The van der Waals surface area contributed by atoms with Crippen molar-refractivity contribution in [1.82, 2.24) is 9.55 Å². The Morgan fingerprint density at radius 2 is 1.68 bits per heavy atom. The molecule has 1 aromatic heterocycles. The fourth-order valence-corrected chi connectivity index (χ4v) is 4.30. The molecule has 4 aromatic rings. The highest BCUT2D eigenvalue weighted by Crippen LogP contribution is 2.27. The summed E-state index contributed by atoms with van der Waals surface area (Å²) >= 11 is 0. The molecule has 0 aliphatic rings. The van der Waals surface area contributed by atoms with Crippen LogP contribution in [-0.2, 0) is 13.0 Å². The number of para-hydroxylation sites is 2. The van der Waals surface area contributed by atoms with Crippen LogP contribution in [0.3, 0.4) is 0 Å². The van der Waals surface area contributed by atoms with E-state index in [1.54, 1.807) is 30.3 Å². The summed E-state index contributed by atoms with van der Waals surface area (Å²) in [5, 5.41) is 2.72. The molecule has 0 aliphatic heterocycles. The Morgan fingerprint density at radius 1 is 0.950 bits per heavy atom. The first-order valence-electron chi connectivity index (χ1n) is 13.3. The highest BCUT2D eigenvalue weighted by molar-refractivity contribution is 5.86. The van der Waals surface area contributed by atoms with E-state index >= 15 is 0 Å². The molecule has 1 amide bonds. The normalized spacial score (nSPS) is 11.2. The number of nitrogens with zero attached hydrogens (tertiary/aromatic N) is 2. The molecule has 7 nitrogen and oxygen atoms in total. The van der Waals surface area contributed by atoms with E-state index < -0.39 is 6.09 Å². The van der Waals surface area contributed by atoms with Gasteiger partial charge in [0.25, 0.3) is 0 Å². The summed E-state index contributed by atoms with van der Waals surface area (Å²) in [6.07, 6.45) is 9.31. The van der Waals surface area contributed by atoms with E-state index in [9.17, 15) is 4.79 Å². The lowest BCUT2D eigenvalue weighted by Crippen LogP contribution is -2.17. The van der Waals surface area contributed by atoms with Gasteiger partial charge in [-0.3, -0.25) is 5.32 Å². The summed E-state index contributed by atoms with van der Waals surface area (Å²) in [4.78, 5) is 17.2. The minimum atomic E-state index is -0.597. The van der Waals surface area contributed by atoms with Gasteiger partial charge in [0.2, 0.25) is 0 Å². The average Bonchev–Trinajstić information content (AvgIpc) is 3.29. The second-order valence-electron chi connectivity index (χ2n) is 9.02. The lowest BCUT2D eigenvalue weighted by molar-refractivity contribution is 0.213. The van der Waals surface area contributed by atoms with Gasteiger partial charge in [0, 0.05) is 29.9 Å². The zero-order chi connectivity index (χ0) is 28.2. The maximum Gasteiger partial charge on any atom is 0.417 e. The topological polar surface area (TPSA) is 74.6 Å². The molecule has 0 radical (unpaired) electrons. The third kappa shape index (κ3) is 7.63. The molecule has 0 saturated heterocycles. The average molecular weight is 538 g/mol. The van der Waals surface area contributed by atoms with Crippen molar-refractivity contribution in [2.24, 2.45) is 0 Å². The molecule has 7 heteroatoms. The van der Waals surface area contributed by atoms with Crippen LogP contribution in [0.15, 0.2) is 103 Å². The van der Waals surface area contributed by atoms with E-state index in [0.29, 0.717) is 23.8 Å². The number of benzene rings is 3. The number of carbonyl (C=O) groups excluding carboxylic acids is 1. The molecule has 0 atom stereocenters. The van der Waals surface area contributed by atoms with Gasteiger partial charge in [-0.1, -0.05) is 66.8 Å². The van der Waals surface area contributed by atoms with Crippen LogP contribution in [-0.4, -0.2) is 29.4 Å². The summed E-state index contributed by atoms with van der Waals surface area (Å²) in [6, 6.07) is 24.5. The van der Waals surface area contributed by atoms with E-state index in [2.05, 4.69) is 41.1 Å². The first kappa shape index (κ1) is 28.2. The van der Waals surface area contributed by atoms with Crippen molar-refractivity contribution in [2.75, 3.05) is 19.0 Å². The Balaban J connectivity index is 1.32. The molecule has 0 bridgehead atoms. The Morgan fingerprint density at radius 3 is 2.40 bits per heavy atom. The lowest BCUT2D eigenvalue weighted by Gasteiger charge is -2.12. The van der Waals surface area contributed by atoms with Gasteiger partial charge < -0.3 is 18.8 Å². The standard InChI is InChI=1S/C33H35N3O4/c1-4-5-6-10-16-29-32(26-14-8-7-9-15-26)34-25(2)36(29)23-13-24-39-28-21-19-27(20-22-28)35-33(37)40-31-18-12-11-17-30(31)38-3/h4-12,14-15,17-22H,13,16,23-24H2,1-3H3,(H,35,37)/b5-4-,10-6-. The highest BCUT2D eigenvalue weighted by Gasteiger charge is 2.15. The smallest absolute Gasteiger partial charge is 0.417 e. The molecule has 0 saturated carbocycles. The Kier molecular flexibility index (Phi) is 10.2. The Labute approximate surface area is 235 Å². The third-order valence-electron chi connectivity index (χ3n) is 6.23. The second kappa shape index (κ2) is 14.4. The van der Waals surface area contributed by atoms with Gasteiger partial charge in [-0.15, -0.1) is 0 Å². The van der Waals surface area contributed by atoms with Gasteiger partial charge in [0.1, 0.15) is 11.6 Å². The number of allylic oxidation sites excluding steroid dienone is 4. The van der Waals surface area contributed by atoms with Crippen molar-refractivity contribution < 1.29 is 19.0 Å². The van der Waals surface area contributed by atoms with Gasteiger partial charge >= 0.3 is 6.09 Å². The Bertz CT molecular complexity index is 1440. The molecule has 0 spiro atoms. The molecule has 0 fully saturated rings. The SMILES string of the molecule is C/C=C\C=C/Cc1c(-c2ccccc2)nc(C)n1CCCOc1ccc(NC(=O)Oc2ccccc2OC)cc1. The number of amides is 1. The van der Waals surface area contributed by atoms with Crippen LogP contribution in [0, 0.1) is 6.92 Å². The number of rotatable bonds is 12. The third-order valence-corrected chi connectivity index (χ3v) is 6.23. The van der Waals surface area contributed by atoms with Crippen molar-refractivity contribution >= 4 is 11.8 Å². The van der Waals surface area contributed by atoms with Crippen LogP contribution in [0.4, 0.5) is 10.5 Å². The number of carbonyl (C=O) groups is 1. The zero-order valence-electron chi connectivity index (χ0n) is 23.2. The number of methoxy groups -OCH3 is 1. The van der Waals surface area contributed by atoms with E-state index in [1.807, 2.05) is 55.5 Å². The molecule has 40 heavy (non-hydrogen) atoms. The minimum absolute atomic E-state index is 0.350. The summed E-state index contributed by atoms with van der Waals surface area (Å²) in [5.41, 5.74) is 3.94. The van der Waals surface area contributed by atoms with Crippen molar-refractivity contribution in [3.63, 3.8) is 0 Å². The van der Waals surface area contributed by atoms with Gasteiger partial charge in [-0.05, 0) is 56.7 Å². The van der Waals surface area contributed by atoms with Crippen LogP contribution in [0.1, 0.15) is 24.9 Å². The summed E-state index contributed by atoms with van der Waals surface area (Å²) in [6.45, 7) is 5.41. The second-order valence-corrected chi connectivity index (χ2v) is 9.02. The Hall–Kier alpha value is -4.78. The van der Waals surface area contributed by atoms with Crippen LogP contribution >= 0.6 is 0 Å². The van der Waals surface area contributed by atoms with Gasteiger partial charge in [0.05, 0.1) is 19.4 Å².